The summed E-state index contributed by atoms with van der Waals surface area (Å²) in [6.45, 7) is 6.23. The van der Waals surface area contributed by atoms with E-state index in [-0.39, 0.29) is 0 Å². The Kier molecular flexibility index (Phi) is 3.87. The number of rotatable bonds is 4. The minimum atomic E-state index is 0.301. The number of benzene rings is 1. The van der Waals surface area contributed by atoms with Gasteiger partial charge in [-0.15, -0.1) is 0 Å². The van der Waals surface area contributed by atoms with E-state index in [2.05, 4.69) is 41.5 Å². The first kappa shape index (κ1) is 13.1. The van der Waals surface area contributed by atoms with Gasteiger partial charge in [0.05, 0.1) is 6.61 Å². The largest absolute Gasteiger partial charge is 0.381 e. The zero-order chi connectivity index (χ0) is 13.1. The summed E-state index contributed by atoms with van der Waals surface area (Å²) in [6.07, 6.45) is 2.48. The van der Waals surface area contributed by atoms with Gasteiger partial charge >= 0.3 is 0 Å². The maximum atomic E-state index is 5.76. The van der Waals surface area contributed by atoms with Crippen molar-refractivity contribution in [2.75, 3.05) is 33.4 Å². The Balaban J connectivity index is 1.67. The maximum absolute atomic E-state index is 5.76. The zero-order valence-corrected chi connectivity index (χ0v) is 11.8. The van der Waals surface area contributed by atoms with Crippen molar-refractivity contribution in [3.8, 4) is 0 Å². The monoisotopic (exact) mass is 260 g/mol. The summed E-state index contributed by atoms with van der Waals surface area (Å²) < 4.78 is 5.76. The molecule has 19 heavy (non-hydrogen) atoms. The molecular formula is C16H24N2O. The van der Waals surface area contributed by atoms with E-state index in [1.807, 2.05) is 0 Å². The highest BCUT2D eigenvalue weighted by Gasteiger charge is 2.35. The molecule has 3 heteroatoms. The standard InChI is InChI=1S/C16H24N2O/c1-17-11-16(7-4-8-19-13-16)12-18-9-14-5-2-3-6-15(14)10-18/h2-3,5-6,17H,4,7-13H2,1H3. The van der Waals surface area contributed by atoms with Crippen LogP contribution in [0, 0.1) is 5.41 Å². The fourth-order valence-corrected chi connectivity index (χ4v) is 3.59. The molecule has 104 valence electrons. The highest BCUT2D eigenvalue weighted by molar-refractivity contribution is 5.30. The normalized spacial score (nSPS) is 27.4. The van der Waals surface area contributed by atoms with Crippen LogP contribution >= 0.6 is 0 Å². The molecule has 0 spiro atoms. The number of nitrogens with zero attached hydrogens (tertiary/aromatic N) is 1. The molecule has 1 fully saturated rings. The highest BCUT2D eigenvalue weighted by Crippen LogP contribution is 2.32. The van der Waals surface area contributed by atoms with E-state index in [1.54, 1.807) is 0 Å². The molecule has 0 aromatic heterocycles. The number of hydrogen-bond acceptors (Lipinski definition) is 3. The van der Waals surface area contributed by atoms with Crippen LogP contribution in [0.1, 0.15) is 24.0 Å². The fraction of sp³-hybridized carbons (Fsp3) is 0.625. The van der Waals surface area contributed by atoms with Gasteiger partial charge in [0.25, 0.3) is 0 Å². The third-order valence-electron chi connectivity index (χ3n) is 4.42. The second kappa shape index (κ2) is 5.61. The Bertz CT molecular complexity index is 396. The molecule has 0 amide bonds. The second-order valence-electron chi connectivity index (χ2n) is 6.10. The summed E-state index contributed by atoms with van der Waals surface area (Å²) in [4.78, 5) is 2.58. The lowest BCUT2D eigenvalue weighted by atomic mass is 9.82. The average Bonchev–Trinajstić information content (AvgIpc) is 2.81. The number of nitrogens with one attached hydrogen (secondary N) is 1. The second-order valence-corrected chi connectivity index (χ2v) is 6.10. The first-order valence-corrected chi connectivity index (χ1v) is 7.33. The topological polar surface area (TPSA) is 24.5 Å². The van der Waals surface area contributed by atoms with Gasteiger partial charge in [0.2, 0.25) is 0 Å². The lowest BCUT2D eigenvalue weighted by Crippen LogP contribution is -2.47. The van der Waals surface area contributed by atoms with Crippen LogP contribution in [0.15, 0.2) is 24.3 Å². The first-order chi connectivity index (χ1) is 9.31. The summed E-state index contributed by atoms with van der Waals surface area (Å²) in [5.41, 5.74) is 3.30. The highest BCUT2D eigenvalue weighted by atomic mass is 16.5. The van der Waals surface area contributed by atoms with Crippen LogP contribution in [0.2, 0.25) is 0 Å². The molecule has 2 heterocycles. The van der Waals surface area contributed by atoms with Crippen molar-refractivity contribution in [2.45, 2.75) is 25.9 Å². The van der Waals surface area contributed by atoms with Crippen LogP contribution in [0.3, 0.4) is 0 Å². The van der Waals surface area contributed by atoms with Gasteiger partial charge in [0.15, 0.2) is 0 Å². The Morgan fingerprint density at radius 1 is 1.26 bits per heavy atom. The predicted octanol–water partition coefficient (Wildman–Crippen LogP) is 2.02. The van der Waals surface area contributed by atoms with Gasteiger partial charge in [-0.2, -0.15) is 0 Å². The Morgan fingerprint density at radius 3 is 2.58 bits per heavy atom. The van der Waals surface area contributed by atoms with Gasteiger partial charge in [0.1, 0.15) is 0 Å². The molecule has 1 aromatic rings. The summed E-state index contributed by atoms with van der Waals surface area (Å²) in [6, 6.07) is 8.82. The molecule has 0 bridgehead atoms. The Hall–Kier alpha value is -0.900. The fourth-order valence-electron chi connectivity index (χ4n) is 3.59. The minimum absolute atomic E-state index is 0.301. The molecule has 2 aliphatic rings. The van der Waals surface area contributed by atoms with Crippen molar-refractivity contribution in [1.29, 1.82) is 0 Å². The van der Waals surface area contributed by atoms with Crippen LogP contribution in [0.5, 0.6) is 0 Å². The molecule has 1 N–H and O–H groups in total. The van der Waals surface area contributed by atoms with E-state index in [9.17, 15) is 0 Å². The van der Waals surface area contributed by atoms with Crippen LogP contribution < -0.4 is 5.32 Å². The van der Waals surface area contributed by atoms with Crippen LogP contribution in [-0.4, -0.2) is 38.3 Å². The van der Waals surface area contributed by atoms with Crippen LogP contribution in [0.25, 0.3) is 0 Å². The van der Waals surface area contributed by atoms with Crippen molar-refractivity contribution >= 4 is 0 Å². The van der Waals surface area contributed by atoms with Gasteiger partial charge in [-0.3, -0.25) is 4.90 Å². The van der Waals surface area contributed by atoms with Crippen molar-refractivity contribution in [2.24, 2.45) is 5.41 Å². The molecule has 1 aromatic carbocycles. The quantitative estimate of drug-likeness (QED) is 0.896. The molecule has 3 rings (SSSR count). The summed E-state index contributed by atoms with van der Waals surface area (Å²) >= 11 is 0. The summed E-state index contributed by atoms with van der Waals surface area (Å²) in [5.74, 6) is 0. The van der Waals surface area contributed by atoms with Gasteiger partial charge in [-0.05, 0) is 31.0 Å². The van der Waals surface area contributed by atoms with Gasteiger partial charge in [-0.25, -0.2) is 0 Å². The van der Waals surface area contributed by atoms with Crippen molar-refractivity contribution in [1.82, 2.24) is 10.2 Å². The summed E-state index contributed by atoms with van der Waals surface area (Å²) in [5, 5.41) is 3.37. The van der Waals surface area contributed by atoms with Gasteiger partial charge < -0.3 is 10.1 Å². The number of ether oxygens (including phenoxy) is 1. The van der Waals surface area contributed by atoms with E-state index in [4.69, 9.17) is 4.74 Å². The van der Waals surface area contributed by atoms with E-state index >= 15 is 0 Å². The van der Waals surface area contributed by atoms with E-state index < -0.39 is 0 Å². The van der Waals surface area contributed by atoms with Crippen LogP contribution in [-0.2, 0) is 17.8 Å². The lowest BCUT2D eigenvalue weighted by molar-refractivity contribution is -0.0262. The van der Waals surface area contributed by atoms with Crippen molar-refractivity contribution < 1.29 is 4.74 Å². The van der Waals surface area contributed by atoms with E-state index in [0.29, 0.717) is 5.41 Å². The molecule has 0 saturated carbocycles. The first-order valence-electron chi connectivity index (χ1n) is 7.33. The van der Waals surface area contributed by atoms with E-state index in [1.165, 1.54) is 24.0 Å². The van der Waals surface area contributed by atoms with Crippen molar-refractivity contribution in [3.63, 3.8) is 0 Å². The van der Waals surface area contributed by atoms with Crippen molar-refractivity contribution in [3.05, 3.63) is 35.4 Å². The molecule has 3 nitrogen and oxygen atoms in total. The third kappa shape index (κ3) is 2.83. The summed E-state index contributed by atoms with van der Waals surface area (Å²) in [7, 11) is 2.05. The van der Waals surface area contributed by atoms with Gasteiger partial charge in [0, 0.05) is 38.2 Å². The molecule has 0 radical (unpaired) electrons. The molecule has 1 unspecified atom stereocenters. The molecule has 1 atom stereocenters. The SMILES string of the molecule is CNCC1(CN2Cc3ccccc3C2)CCCOC1. The number of fused-ring (bicyclic) bond motifs is 1. The third-order valence-corrected chi connectivity index (χ3v) is 4.42. The molecule has 0 aliphatic carbocycles. The predicted molar refractivity (Wildman–Crippen MR) is 77.0 cm³/mol. The number of hydrogen-bond donors (Lipinski definition) is 1. The molecular weight excluding hydrogens is 236 g/mol. The lowest BCUT2D eigenvalue weighted by Gasteiger charge is -2.39. The Morgan fingerprint density at radius 2 is 2.00 bits per heavy atom. The van der Waals surface area contributed by atoms with E-state index in [0.717, 1.165) is 39.4 Å². The van der Waals surface area contributed by atoms with Gasteiger partial charge in [-0.1, -0.05) is 24.3 Å². The average molecular weight is 260 g/mol. The van der Waals surface area contributed by atoms with Crippen LogP contribution in [0.4, 0.5) is 0 Å². The Labute approximate surface area is 115 Å². The smallest absolute Gasteiger partial charge is 0.0546 e. The molecule has 1 saturated heterocycles. The zero-order valence-electron chi connectivity index (χ0n) is 11.8. The molecule has 2 aliphatic heterocycles. The minimum Gasteiger partial charge on any atom is -0.381 e. The maximum Gasteiger partial charge on any atom is 0.0546 e.